The fourth-order valence-electron chi connectivity index (χ4n) is 0.830. The van der Waals surface area contributed by atoms with E-state index in [1.807, 2.05) is 0 Å². The van der Waals surface area contributed by atoms with Crippen molar-refractivity contribution in [3.8, 4) is 0 Å². The van der Waals surface area contributed by atoms with Crippen molar-refractivity contribution in [3.63, 3.8) is 0 Å². The van der Waals surface area contributed by atoms with Crippen LogP contribution >= 0.6 is 11.6 Å². The molecule has 1 heterocycles. The fourth-order valence-corrected chi connectivity index (χ4v) is 0.893. The number of aromatic amines is 1. The minimum absolute atomic E-state index is 0.160. The van der Waals surface area contributed by atoms with E-state index in [9.17, 15) is 18.0 Å². The van der Waals surface area contributed by atoms with Crippen LogP contribution in [0, 0.1) is 5.41 Å². The Kier molecular flexibility index (Phi) is 3.89. The second kappa shape index (κ2) is 5.00. The van der Waals surface area contributed by atoms with E-state index in [1.165, 1.54) is 12.2 Å². The molecular weight excluding hydrogens is 261 g/mol. The highest BCUT2D eigenvalue weighted by atomic mass is 35.5. The third kappa shape index (κ3) is 4.27. The van der Waals surface area contributed by atoms with E-state index in [-0.39, 0.29) is 16.8 Å². The van der Waals surface area contributed by atoms with Crippen molar-refractivity contribution in [2.24, 2.45) is 0 Å². The first-order chi connectivity index (χ1) is 7.79. The van der Waals surface area contributed by atoms with Crippen LogP contribution in [0.25, 0.3) is 6.08 Å². The van der Waals surface area contributed by atoms with Crippen molar-refractivity contribution >= 4 is 34.6 Å². The lowest BCUT2D eigenvalue weighted by molar-refractivity contribution is -0.167. The van der Waals surface area contributed by atoms with Crippen LogP contribution < -0.4 is 5.32 Å². The Hall–Kier alpha value is -1.83. The number of carbonyl (C=O) groups excluding carboxylic acids is 1. The van der Waals surface area contributed by atoms with Gasteiger partial charge in [0.1, 0.15) is 16.8 Å². The number of amides is 1. The molecule has 0 saturated heterocycles. The fraction of sp³-hybridized carbons (Fsp3) is 0.125. The van der Waals surface area contributed by atoms with Crippen LogP contribution in [0.1, 0.15) is 5.82 Å². The predicted molar refractivity (Wildman–Crippen MR) is 55.9 cm³/mol. The first-order valence-electron chi connectivity index (χ1n) is 4.14. The Morgan fingerprint density at radius 1 is 1.59 bits per heavy atom. The summed E-state index contributed by atoms with van der Waals surface area (Å²) in [5.41, 5.74) is 0. The molecule has 0 saturated carbocycles. The van der Waals surface area contributed by atoms with Gasteiger partial charge in [0.2, 0.25) is 0 Å². The zero-order chi connectivity index (χ0) is 13.1. The summed E-state index contributed by atoms with van der Waals surface area (Å²) in [6.45, 7) is 0. The molecule has 1 rings (SSSR count). The maximum atomic E-state index is 11.9. The lowest BCUT2D eigenvalue weighted by Crippen LogP contribution is -2.30. The number of hydrogen-bond donors (Lipinski definition) is 3. The maximum absolute atomic E-state index is 11.9. The van der Waals surface area contributed by atoms with Gasteiger partial charge in [-0.2, -0.15) is 13.2 Å². The van der Waals surface area contributed by atoms with Gasteiger partial charge in [-0.3, -0.25) is 10.2 Å². The van der Waals surface area contributed by atoms with E-state index in [4.69, 9.17) is 17.0 Å². The lowest BCUT2D eigenvalue weighted by atomic mass is 10.5. The molecule has 0 fully saturated rings. The van der Waals surface area contributed by atoms with Crippen molar-refractivity contribution in [2.45, 2.75) is 6.18 Å². The van der Waals surface area contributed by atoms with Gasteiger partial charge >= 0.3 is 12.1 Å². The zero-order valence-electron chi connectivity index (χ0n) is 8.10. The van der Waals surface area contributed by atoms with E-state index in [0.717, 1.165) is 6.20 Å². The highest BCUT2D eigenvalue weighted by Gasteiger charge is 2.38. The van der Waals surface area contributed by atoms with Crippen LogP contribution in [-0.4, -0.2) is 27.2 Å². The standard InChI is InChI=1S/C8H6ClF3N4O/c9-4(13)1-2-5-14-3-6(15-5)16-7(17)8(10,11)12/h1-3,13H,(H,14,15)(H,16,17)/b2-1-,13-4?. The van der Waals surface area contributed by atoms with E-state index in [0.29, 0.717) is 0 Å². The SMILES string of the molecule is N=C(Cl)/C=C\c1ncc(NC(=O)C(F)(F)F)[nH]1. The second-order valence-electron chi connectivity index (χ2n) is 2.82. The van der Waals surface area contributed by atoms with Gasteiger partial charge in [0.25, 0.3) is 0 Å². The molecule has 1 aromatic heterocycles. The number of anilines is 1. The Labute approximate surface area is 98.2 Å². The number of imidazole rings is 1. The monoisotopic (exact) mass is 266 g/mol. The molecule has 0 spiro atoms. The second-order valence-corrected chi connectivity index (χ2v) is 3.22. The van der Waals surface area contributed by atoms with Crippen LogP contribution in [-0.2, 0) is 4.79 Å². The smallest absolute Gasteiger partial charge is 0.325 e. The molecule has 0 atom stereocenters. The number of carbonyl (C=O) groups is 1. The molecule has 5 nitrogen and oxygen atoms in total. The van der Waals surface area contributed by atoms with Crippen LogP contribution in [0.2, 0.25) is 0 Å². The number of nitrogens with zero attached hydrogens (tertiary/aromatic N) is 1. The molecule has 0 aromatic carbocycles. The summed E-state index contributed by atoms with van der Waals surface area (Å²) >= 11 is 5.21. The van der Waals surface area contributed by atoms with Crippen molar-refractivity contribution < 1.29 is 18.0 Å². The Balaban J connectivity index is 2.70. The molecular formula is C8H6ClF3N4O. The van der Waals surface area contributed by atoms with Gasteiger partial charge in [-0.15, -0.1) is 0 Å². The average Bonchev–Trinajstić information content (AvgIpc) is 2.61. The van der Waals surface area contributed by atoms with Gasteiger partial charge in [0.05, 0.1) is 6.20 Å². The normalized spacial score (nSPS) is 11.8. The quantitative estimate of drug-likeness (QED) is 0.733. The van der Waals surface area contributed by atoms with Gasteiger partial charge in [-0.1, -0.05) is 11.6 Å². The highest BCUT2D eigenvalue weighted by Crippen LogP contribution is 2.17. The number of nitrogens with one attached hydrogen (secondary N) is 3. The molecule has 9 heteroatoms. The highest BCUT2D eigenvalue weighted by molar-refractivity contribution is 6.67. The van der Waals surface area contributed by atoms with Gasteiger partial charge in [-0.05, 0) is 12.2 Å². The molecule has 1 aromatic rings. The molecule has 0 aliphatic heterocycles. The van der Waals surface area contributed by atoms with E-state index >= 15 is 0 Å². The van der Waals surface area contributed by atoms with Crippen molar-refractivity contribution in [2.75, 3.05) is 5.32 Å². The maximum Gasteiger partial charge on any atom is 0.471 e. The van der Waals surface area contributed by atoms with Crippen molar-refractivity contribution in [3.05, 3.63) is 18.1 Å². The first kappa shape index (κ1) is 13.2. The molecule has 0 aliphatic rings. The van der Waals surface area contributed by atoms with Crippen LogP contribution in [0.5, 0.6) is 0 Å². The molecule has 0 unspecified atom stereocenters. The number of aromatic nitrogens is 2. The average molecular weight is 267 g/mol. The Bertz CT molecular complexity index is 466. The topological polar surface area (TPSA) is 81.6 Å². The summed E-state index contributed by atoms with van der Waals surface area (Å²) in [6.07, 6.45) is -1.49. The summed E-state index contributed by atoms with van der Waals surface area (Å²) in [4.78, 5) is 16.6. The summed E-state index contributed by atoms with van der Waals surface area (Å²) in [5, 5.41) is 8.19. The molecule has 0 radical (unpaired) electrons. The summed E-state index contributed by atoms with van der Waals surface area (Å²) in [7, 11) is 0. The van der Waals surface area contributed by atoms with Crippen molar-refractivity contribution in [1.29, 1.82) is 5.41 Å². The molecule has 1 amide bonds. The van der Waals surface area contributed by atoms with E-state index < -0.39 is 12.1 Å². The third-order valence-electron chi connectivity index (χ3n) is 1.49. The van der Waals surface area contributed by atoms with E-state index in [2.05, 4.69) is 9.97 Å². The number of halogens is 4. The summed E-state index contributed by atoms with van der Waals surface area (Å²) < 4.78 is 35.7. The summed E-state index contributed by atoms with van der Waals surface area (Å²) in [5.74, 6) is -2.14. The lowest BCUT2D eigenvalue weighted by Gasteiger charge is -2.04. The number of H-pyrrole nitrogens is 1. The van der Waals surface area contributed by atoms with Crippen LogP contribution in [0.4, 0.5) is 19.0 Å². The van der Waals surface area contributed by atoms with Gasteiger partial charge in [-0.25, -0.2) is 4.98 Å². The van der Waals surface area contributed by atoms with Gasteiger partial charge in [0.15, 0.2) is 0 Å². The number of alkyl halides is 3. The molecule has 0 bridgehead atoms. The Morgan fingerprint density at radius 3 is 2.76 bits per heavy atom. The van der Waals surface area contributed by atoms with Crippen molar-refractivity contribution in [1.82, 2.24) is 9.97 Å². The molecule has 92 valence electrons. The van der Waals surface area contributed by atoms with Crippen LogP contribution in [0.3, 0.4) is 0 Å². The summed E-state index contributed by atoms with van der Waals surface area (Å²) in [6, 6.07) is 0. The predicted octanol–water partition coefficient (Wildman–Crippen LogP) is 2.14. The van der Waals surface area contributed by atoms with Gasteiger partial charge in [0, 0.05) is 0 Å². The molecule has 3 N–H and O–H groups in total. The first-order valence-corrected chi connectivity index (χ1v) is 4.52. The largest absolute Gasteiger partial charge is 0.471 e. The van der Waals surface area contributed by atoms with Gasteiger partial charge < -0.3 is 10.3 Å². The van der Waals surface area contributed by atoms with Crippen LogP contribution in [0.15, 0.2) is 12.3 Å². The third-order valence-corrected chi connectivity index (χ3v) is 1.61. The molecule has 0 aliphatic carbocycles. The molecule has 17 heavy (non-hydrogen) atoms. The number of hydrogen-bond acceptors (Lipinski definition) is 3. The minimum atomic E-state index is -4.96. The zero-order valence-corrected chi connectivity index (χ0v) is 8.86. The van der Waals surface area contributed by atoms with E-state index in [1.54, 1.807) is 5.32 Å². The minimum Gasteiger partial charge on any atom is -0.325 e. The number of rotatable bonds is 3. The number of allylic oxidation sites excluding steroid dienone is 1. The Morgan fingerprint density at radius 2 is 2.24 bits per heavy atom.